The van der Waals surface area contributed by atoms with E-state index in [-0.39, 0.29) is 24.0 Å². The number of rotatable bonds is 4. The number of hydrogen-bond donors (Lipinski definition) is 2. The first-order chi connectivity index (χ1) is 7.74. The minimum atomic E-state index is -0.270. The minimum Gasteiger partial charge on any atom is -0.394 e. The molecule has 0 saturated heterocycles. The molecule has 3 rings (SSSR count). The fourth-order valence-corrected chi connectivity index (χ4v) is 3.29. The highest BCUT2D eigenvalue weighted by Crippen LogP contribution is 2.54. The van der Waals surface area contributed by atoms with Crippen molar-refractivity contribution in [1.29, 1.82) is 0 Å². The van der Waals surface area contributed by atoms with Crippen LogP contribution in [0, 0.1) is 17.8 Å². The van der Waals surface area contributed by atoms with Gasteiger partial charge in [0.1, 0.15) is 0 Å². The molecule has 16 heavy (non-hydrogen) atoms. The average Bonchev–Trinajstić information content (AvgIpc) is 3.15. The van der Waals surface area contributed by atoms with Crippen molar-refractivity contribution in [3.8, 4) is 0 Å². The highest BCUT2D eigenvalue weighted by Gasteiger charge is 2.52. The van der Waals surface area contributed by atoms with Crippen LogP contribution in [0.15, 0.2) is 0 Å². The number of nitrogens with one attached hydrogen (secondary N) is 1. The molecule has 0 spiro atoms. The fourth-order valence-electron chi connectivity index (χ4n) is 3.29. The summed E-state index contributed by atoms with van der Waals surface area (Å²) in [7, 11) is 0. The molecule has 3 aliphatic rings. The summed E-state index contributed by atoms with van der Waals surface area (Å²) < 4.78 is 0. The first-order valence-corrected chi connectivity index (χ1v) is 6.67. The summed E-state index contributed by atoms with van der Waals surface area (Å²) in [5, 5.41) is 12.6. The molecule has 0 aromatic heterocycles. The van der Waals surface area contributed by atoms with Gasteiger partial charge in [0.15, 0.2) is 0 Å². The molecule has 3 nitrogen and oxygen atoms in total. The lowest BCUT2D eigenvalue weighted by molar-refractivity contribution is -0.125. The Morgan fingerprint density at radius 3 is 2.56 bits per heavy atom. The molecule has 3 aliphatic carbocycles. The van der Waals surface area contributed by atoms with Gasteiger partial charge < -0.3 is 10.4 Å². The van der Waals surface area contributed by atoms with E-state index in [0.29, 0.717) is 5.92 Å². The van der Waals surface area contributed by atoms with Gasteiger partial charge in [0.25, 0.3) is 0 Å². The van der Waals surface area contributed by atoms with Crippen molar-refractivity contribution in [3.63, 3.8) is 0 Å². The highest BCUT2D eigenvalue weighted by atomic mass is 16.3. The topological polar surface area (TPSA) is 49.3 Å². The molecular weight excluding hydrogens is 202 g/mol. The molecule has 3 heteroatoms. The largest absolute Gasteiger partial charge is 0.394 e. The minimum absolute atomic E-state index is 0.111. The Morgan fingerprint density at radius 1 is 1.31 bits per heavy atom. The van der Waals surface area contributed by atoms with Crippen molar-refractivity contribution in [2.45, 2.75) is 50.5 Å². The van der Waals surface area contributed by atoms with Crippen LogP contribution in [0.5, 0.6) is 0 Å². The summed E-state index contributed by atoms with van der Waals surface area (Å²) in [6.07, 6.45) is 7.94. The summed E-state index contributed by atoms with van der Waals surface area (Å²) in [4.78, 5) is 12.0. The van der Waals surface area contributed by atoms with Crippen LogP contribution in [0.2, 0.25) is 0 Å². The van der Waals surface area contributed by atoms with Crippen LogP contribution < -0.4 is 5.32 Å². The Bertz CT molecular complexity index is 292. The number of amides is 1. The molecule has 0 aromatic carbocycles. The standard InChI is InChI=1S/C13H21NO2/c15-8-13(5-1-2-6-13)14-12(16)11-7-10(11)9-3-4-9/h9-11,15H,1-8H2,(H,14,16). The van der Waals surface area contributed by atoms with Crippen LogP contribution in [0.3, 0.4) is 0 Å². The monoisotopic (exact) mass is 223 g/mol. The summed E-state index contributed by atoms with van der Waals surface area (Å²) in [6, 6.07) is 0. The van der Waals surface area contributed by atoms with E-state index < -0.39 is 0 Å². The zero-order valence-electron chi connectivity index (χ0n) is 9.74. The molecule has 2 unspecified atom stereocenters. The SMILES string of the molecule is O=C(NC1(CO)CCCC1)C1CC1C1CC1. The summed E-state index contributed by atoms with van der Waals surface area (Å²) in [5.41, 5.74) is -0.270. The van der Waals surface area contributed by atoms with Crippen LogP contribution in [-0.4, -0.2) is 23.2 Å². The van der Waals surface area contributed by atoms with E-state index in [4.69, 9.17) is 0 Å². The lowest BCUT2D eigenvalue weighted by Gasteiger charge is -2.28. The predicted molar refractivity (Wildman–Crippen MR) is 60.7 cm³/mol. The van der Waals surface area contributed by atoms with Crippen molar-refractivity contribution < 1.29 is 9.90 Å². The van der Waals surface area contributed by atoms with Crippen LogP contribution >= 0.6 is 0 Å². The maximum absolute atomic E-state index is 12.0. The summed E-state index contributed by atoms with van der Waals surface area (Å²) >= 11 is 0. The Labute approximate surface area is 96.6 Å². The number of hydrogen-bond acceptors (Lipinski definition) is 2. The van der Waals surface area contributed by atoms with Crippen molar-refractivity contribution in [2.24, 2.45) is 17.8 Å². The van der Waals surface area contributed by atoms with Crippen LogP contribution in [0.4, 0.5) is 0 Å². The number of aliphatic hydroxyl groups is 1. The van der Waals surface area contributed by atoms with Gasteiger partial charge in [0.05, 0.1) is 12.1 Å². The molecule has 1 amide bonds. The van der Waals surface area contributed by atoms with Crippen LogP contribution in [-0.2, 0) is 4.79 Å². The van der Waals surface area contributed by atoms with Gasteiger partial charge in [0, 0.05) is 5.92 Å². The van der Waals surface area contributed by atoms with E-state index in [1.54, 1.807) is 0 Å². The Morgan fingerprint density at radius 2 is 2.00 bits per heavy atom. The van der Waals surface area contributed by atoms with E-state index in [1.165, 1.54) is 12.8 Å². The predicted octanol–water partition coefficient (Wildman–Crippen LogP) is 1.45. The molecule has 0 aromatic rings. The van der Waals surface area contributed by atoms with E-state index in [0.717, 1.165) is 38.0 Å². The van der Waals surface area contributed by atoms with Crippen LogP contribution in [0.1, 0.15) is 44.9 Å². The lowest BCUT2D eigenvalue weighted by Crippen LogP contribution is -2.50. The zero-order valence-corrected chi connectivity index (χ0v) is 9.74. The van der Waals surface area contributed by atoms with E-state index >= 15 is 0 Å². The number of carbonyl (C=O) groups is 1. The molecule has 0 aliphatic heterocycles. The van der Waals surface area contributed by atoms with Crippen LogP contribution in [0.25, 0.3) is 0 Å². The van der Waals surface area contributed by atoms with Gasteiger partial charge in [-0.1, -0.05) is 12.8 Å². The smallest absolute Gasteiger partial charge is 0.223 e. The Kier molecular flexibility index (Phi) is 2.46. The molecule has 0 heterocycles. The Hall–Kier alpha value is -0.570. The third-order valence-corrected chi connectivity index (χ3v) is 4.66. The molecular formula is C13H21NO2. The average molecular weight is 223 g/mol. The molecule has 0 bridgehead atoms. The Balaban J connectivity index is 1.55. The van der Waals surface area contributed by atoms with E-state index in [9.17, 15) is 9.90 Å². The maximum Gasteiger partial charge on any atom is 0.223 e. The first kappa shape index (κ1) is 10.6. The summed E-state index contributed by atoms with van der Waals surface area (Å²) in [5.74, 6) is 2.02. The van der Waals surface area contributed by atoms with Crippen molar-refractivity contribution in [2.75, 3.05) is 6.61 Å². The lowest BCUT2D eigenvalue weighted by atomic mass is 9.98. The van der Waals surface area contributed by atoms with Gasteiger partial charge in [0.2, 0.25) is 5.91 Å². The second-order valence-electron chi connectivity index (χ2n) is 5.98. The zero-order chi connectivity index (χ0) is 11.2. The van der Waals surface area contributed by atoms with Crippen molar-refractivity contribution >= 4 is 5.91 Å². The number of carbonyl (C=O) groups excluding carboxylic acids is 1. The second-order valence-corrected chi connectivity index (χ2v) is 5.98. The quantitative estimate of drug-likeness (QED) is 0.758. The molecule has 2 N–H and O–H groups in total. The second kappa shape index (κ2) is 3.73. The summed E-state index contributed by atoms with van der Waals surface area (Å²) in [6.45, 7) is 0.111. The number of aliphatic hydroxyl groups excluding tert-OH is 1. The first-order valence-electron chi connectivity index (χ1n) is 6.67. The van der Waals surface area contributed by atoms with Gasteiger partial charge in [-0.05, 0) is 43.9 Å². The molecule has 2 atom stereocenters. The van der Waals surface area contributed by atoms with Gasteiger partial charge in [-0.3, -0.25) is 4.79 Å². The van der Waals surface area contributed by atoms with Gasteiger partial charge in [-0.15, -0.1) is 0 Å². The van der Waals surface area contributed by atoms with Crippen molar-refractivity contribution in [1.82, 2.24) is 5.32 Å². The van der Waals surface area contributed by atoms with Gasteiger partial charge in [-0.25, -0.2) is 0 Å². The van der Waals surface area contributed by atoms with Crippen molar-refractivity contribution in [3.05, 3.63) is 0 Å². The third kappa shape index (κ3) is 1.86. The normalized spacial score (nSPS) is 36.1. The van der Waals surface area contributed by atoms with Gasteiger partial charge >= 0.3 is 0 Å². The fraction of sp³-hybridized carbons (Fsp3) is 0.923. The van der Waals surface area contributed by atoms with Gasteiger partial charge in [-0.2, -0.15) is 0 Å². The maximum atomic E-state index is 12.0. The third-order valence-electron chi connectivity index (χ3n) is 4.66. The van der Waals surface area contributed by atoms with E-state index in [2.05, 4.69) is 5.32 Å². The molecule has 90 valence electrons. The van der Waals surface area contributed by atoms with E-state index in [1.807, 2.05) is 0 Å². The molecule has 3 saturated carbocycles. The molecule has 3 fully saturated rings. The molecule has 0 radical (unpaired) electrons. The highest BCUT2D eigenvalue weighted by molar-refractivity contribution is 5.82.